The molecule has 4 nitrogen and oxygen atoms in total. The lowest BCUT2D eigenvalue weighted by Gasteiger charge is -2.26. The third kappa shape index (κ3) is 3.20. The lowest BCUT2D eigenvalue weighted by atomic mass is 9.81. The number of halogens is 3. The third-order valence-electron chi connectivity index (χ3n) is 5.31. The molecule has 1 aliphatic carbocycles. The van der Waals surface area contributed by atoms with Crippen molar-refractivity contribution in [1.82, 2.24) is 19.9 Å². The van der Waals surface area contributed by atoms with E-state index in [0.717, 1.165) is 47.4 Å². The maximum Gasteiger partial charge on any atom is 0.407 e. The van der Waals surface area contributed by atoms with Crippen molar-refractivity contribution in [1.29, 1.82) is 0 Å². The Morgan fingerprint density at radius 1 is 1.22 bits per heavy atom. The molecule has 2 atom stereocenters. The van der Waals surface area contributed by atoms with Gasteiger partial charge in [0.1, 0.15) is 6.04 Å². The van der Waals surface area contributed by atoms with Crippen molar-refractivity contribution in [3.63, 3.8) is 0 Å². The van der Waals surface area contributed by atoms with Crippen molar-refractivity contribution in [2.75, 3.05) is 7.05 Å². The zero-order valence-electron chi connectivity index (χ0n) is 15.2. The Kier molecular flexibility index (Phi) is 4.42. The van der Waals surface area contributed by atoms with Gasteiger partial charge in [-0.05, 0) is 49.9 Å². The highest BCUT2D eigenvalue weighted by atomic mass is 19.4. The minimum atomic E-state index is -4.32. The molecule has 1 N–H and O–H groups in total. The molecule has 1 aromatic carbocycles. The van der Waals surface area contributed by atoms with Crippen LogP contribution in [0, 0.1) is 6.92 Å². The summed E-state index contributed by atoms with van der Waals surface area (Å²) in [5.41, 5.74) is 5.27. The van der Waals surface area contributed by atoms with Gasteiger partial charge < -0.3 is 5.32 Å². The summed E-state index contributed by atoms with van der Waals surface area (Å²) in [6.07, 6.45) is 0.477. The van der Waals surface area contributed by atoms with Gasteiger partial charge in [-0.25, -0.2) is 9.50 Å². The Morgan fingerprint density at radius 3 is 2.63 bits per heavy atom. The average molecular weight is 374 g/mol. The molecular weight excluding hydrogens is 353 g/mol. The number of aromatic nitrogens is 3. The molecule has 1 unspecified atom stereocenters. The second-order valence-corrected chi connectivity index (χ2v) is 7.09. The van der Waals surface area contributed by atoms with Gasteiger partial charge in [0.25, 0.3) is 0 Å². The van der Waals surface area contributed by atoms with Crippen LogP contribution in [0.4, 0.5) is 13.2 Å². The van der Waals surface area contributed by atoms with Crippen LogP contribution in [0.1, 0.15) is 52.9 Å². The average Bonchev–Trinajstić information content (AvgIpc) is 3.02. The molecular formula is C20H21F3N4. The number of aryl methyl sites for hydroxylation is 2. The van der Waals surface area contributed by atoms with Crippen molar-refractivity contribution >= 4 is 5.65 Å². The van der Waals surface area contributed by atoms with Crippen molar-refractivity contribution in [3.05, 3.63) is 64.6 Å². The fourth-order valence-corrected chi connectivity index (χ4v) is 4.07. The van der Waals surface area contributed by atoms with E-state index >= 15 is 0 Å². The molecule has 0 aliphatic heterocycles. The fourth-order valence-electron chi connectivity index (χ4n) is 4.07. The van der Waals surface area contributed by atoms with E-state index in [1.807, 2.05) is 35.8 Å². The molecule has 0 saturated carbocycles. The number of hydrogen-bond donors (Lipinski definition) is 1. The molecule has 0 saturated heterocycles. The topological polar surface area (TPSA) is 42.2 Å². The van der Waals surface area contributed by atoms with Gasteiger partial charge in [-0.1, -0.05) is 24.3 Å². The quantitative estimate of drug-likeness (QED) is 0.742. The number of nitrogens with one attached hydrogen (secondary N) is 1. The summed E-state index contributed by atoms with van der Waals surface area (Å²) in [4.78, 5) is 4.52. The Bertz CT molecular complexity index is 960. The van der Waals surface area contributed by atoms with Gasteiger partial charge >= 0.3 is 6.18 Å². The molecule has 0 bridgehead atoms. The van der Waals surface area contributed by atoms with E-state index in [0.29, 0.717) is 0 Å². The molecule has 3 aromatic rings. The van der Waals surface area contributed by atoms with E-state index in [-0.39, 0.29) is 11.5 Å². The number of alkyl halides is 3. The maximum atomic E-state index is 13.1. The van der Waals surface area contributed by atoms with Crippen LogP contribution < -0.4 is 5.32 Å². The van der Waals surface area contributed by atoms with Crippen molar-refractivity contribution in [2.24, 2.45) is 0 Å². The molecule has 142 valence electrons. The van der Waals surface area contributed by atoms with Gasteiger partial charge in [0.15, 0.2) is 5.65 Å². The standard InChI is InChI=1S/C20H21F3N4/c1-12-10-18-25-11-16-15(4-3-5-17(16)27(18)26-12)13-6-8-14(9-7-13)19(24-2)20(21,22)23/h6-11,15,19,24H,3-5H2,1-2H3/t15?,19-/m0/s1. The molecule has 0 fully saturated rings. The first kappa shape index (κ1) is 18.0. The predicted molar refractivity (Wildman–Crippen MR) is 96.8 cm³/mol. The lowest BCUT2D eigenvalue weighted by Crippen LogP contribution is -2.31. The van der Waals surface area contributed by atoms with E-state index in [2.05, 4.69) is 15.4 Å². The zero-order chi connectivity index (χ0) is 19.2. The summed E-state index contributed by atoms with van der Waals surface area (Å²) in [5.74, 6) is 0.128. The molecule has 2 aromatic heterocycles. The largest absolute Gasteiger partial charge is 0.407 e. The summed E-state index contributed by atoms with van der Waals surface area (Å²) in [6.45, 7) is 1.94. The summed E-state index contributed by atoms with van der Waals surface area (Å²) in [6, 6.07) is 7.06. The first-order chi connectivity index (χ1) is 12.9. The van der Waals surface area contributed by atoms with Gasteiger partial charge in [0, 0.05) is 23.9 Å². The van der Waals surface area contributed by atoms with Gasteiger partial charge in [-0.3, -0.25) is 0 Å². The first-order valence-corrected chi connectivity index (χ1v) is 9.06. The highest BCUT2D eigenvalue weighted by Crippen LogP contribution is 2.38. The second-order valence-electron chi connectivity index (χ2n) is 7.09. The van der Waals surface area contributed by atoms with E-state index in [1.165, 1.54) is 7.05 Å². The van der Waals surface area contributed by atoms with E-state index < -0.39 is 12.2 Å². The predicted octanol–water partition coefficient (Wildman–Crippen LogP) is 4.33. The number of rotatable bonds is 3. The Balaban J connectivity index is 1.70. The molecule has 1 aliphatic rings. The lowest BCUT2D eigenvalue weighted by molar-refractivity contribution is -0.156. The summed E-state index contributed by atoms with van der Waals surface area (Å²) in [5, 5.41) is 6.90. The Hall–Kier alpha value is -2.41. The van der Waals surface area contributed by atoms with Crippen LogP contribution in [0.15, 0.2) is 36.5 Å². The Morgan fingerprint density at radius 2 is 1.96 bits per heavy atom. The summed E-state index contributed by atoms with van der Waals surface area (Å²) >= 11 is 0. The zero-order valence-corrected chi connectivity index (χ0v) is 15.2. The van der Waals surface area contributed by atoms with Crippen LogP contribution >= 0.6 is 0 Å². The Labute approximate surface area is 155 Å². The first-order valence-electron chi connectivity index (χ1n) is 9.06. The van der Waals surface area contributed by atoms with Crippen LogP contribution in [0.25, 0.3) is 5.65 Å². The van der Waals surface area contributed by atoms with Gasteiger partial charge in [-0.15, -0.1) is 0 Å². The molecule has 4 rings (SSSR count). The van der Waals surface area contributed by atoms with E-state index in [1.54, 1.807) is 12.1 Å². The molecule has 27 heavy (non-hydrogen) atoms. The molecule has 7 heteroatoms. The molecule has 0 radical (unpaired) electrons. The third-order valence-corrected chi connectivity index (χ3v) is 5.31. The van der Waals surface area contributed by atoms with Gasteiger partial charge in [0.2, 0.25) is 0 Å². The number of hydrogen-bond acceptors (Lipinski definition) is 3. The van der Waals surface area contributed by atoms with Gasteiger partial charge in [-0.2, -0.15) is 18.3 Å². The van der Waals surface area contributed by atoms with Crippen LogP contribution in [-0.4, -0.2) is 27.8 Å². The number of nitrogens with zero attached hydrogens (tertiary/aromatic N) is 3. The highest BCUT2D eigenvalue weighted by molar-refractivity contribution is 5.46. The smallest absolute Gasteiger partial charge is 0.306 e. The van der Waals surface area contributed by atoms with Crippen LogP contribution in [-0.2, 0) is 6.42 Å². The molecule has 2 heterocycles. The van der Waals surface area contributed by atoms with Crippen LogP contribution in [0.5, 0.6) is 0 Å². The number of fused-ring (bicyclic) bond motifs is 3. The van der Waals surface area contributed by atoms with E-state index in [4.69, 9.17) is 0 Å². The van der Waals surface area contributed by atoms with Crippen molar-refractivity contribution < 1.29 is 13.2 Å². The molecule has 0 spiro atoms. The highest BCUT2D eigenvalue weighted by Gasteiger charge is 2.39. The normalized spacial score (nSPS) is 18.5. The van der Waals surface area contributed by atoms with Gasteiger partial charge in [0.05, 0.1) is 5.69 Å². The van der Waals surface area contributed by atoms with E-state index in [9.17, 15) is 13.2 Å². The SMILES string of the molecule is CN[C@@H](c1ccc(C2CCCc3c2cnc2cc(C)nn32)cc1)C(F)(F)F. The second kappa shape index (κ2) is 6.64. The molecule has 0 amide bonds. The summed E-state index contributed by atoms with van der Waals surface area (Å²) in [7, 11) is 1.33. The maximum absolute atomic E-state index is 13.1. The fraction of sp³-hybridized carbons (Fsp3) is 0.400. The van der Waals surface area contributed by atoms with Crippen LogP contribution in [0.3, 0.4) is 0 Å². The van der Waals surface area contributed by atoms with Crippen molar-refractivity contribution in [2.45, 2.75) is 44.3 Å². The monoisotopic (exact) mass is 374 g/mol. The van der Waals surface area contributed by atoms with Crippen molar-refractivity contribution in [3.8, 4) is 0 Å². The number of benzene rings is 1. The minimum Gasteiger partial charge on any atom is -0.306 e. The summed E-state index contributed by atoms with van der Waals surface area (Å²) < 4.78 is 41.3. The minimum absolute atomic E-state index is 0.128. The van der Waals surface area contributed by atoms with Crippen LogP contribution in [0.2, 0.25) is 0 Å².